The maximum Gasteiger partial charge on any atom is 0.417 e. The summed E-state index contributed by atoms with van der Waals surface area (Å²) >= 11 is 5.57. The Morgan fingerprint density at radius 2 is 1.86 bits per heavy atom. The highest BCUT2D eigenvalue weighted by atomic mass is 35.5. The van der Waals surface area contributed by atoms with Gasteiger partial charge in [0.15, 0.2) is 0 Å². The van der Waals surface area contributed by atoms with Crippen molar-refractivity contribution in [3.8, 4) is 0 Å². The number of carbonyl (C=O) groups is 2. The zero-order valence-corrected chi connectivity index (χ0v) is 15.9. The van der Waals surface area contributed by atoms with Crippen molar-refractivity contribution in [2.45, 2.75) is 32.1 Å². The Kier molecular flexibility index (Phi) is 5.97. The molecule has 0 saturated carbocycles. The number of hydrogen-bond donors (Lipinski definition) is 1. The van der Waals surface area contributed by atoms with Crippen molar-refractivity contribution in [2.75, 3.05) is 11.4 Å². The van der Waals surface area contributed by atoms with Gasteiger partial charge in [0.2, 0.25) is 11.8 Å². The SMILES string of the molecule is O=C(Cn1cc(C(F)(F)F)cc(Cl)c1=O)NCc1ccc(N2CCCC2=O)cc1. The summed E-state index contributed by atoms with van der Waals surface area (Å²) in [6.07, 6.45) is -2.78. The molecular formula is C19H17ClF3N3O3. The lowest BCUT2D eigenvalue weighted by atomic mass is 10.2. The molecule has 0 unspecified atom stereocenters. The second-order valence-corrected chi connectivity index (χ2v) is 7.01. The summed E-state index contributed by atoms with van der Waals surface area (Å²) in [5.41, 5.74) is -0.479. The molecule has 1 aromatic heterocycles. The number of aromatic nitrogens is 1. The fourth-order valence-corrected chi connectivity index (χ4v) is 3.22. The molecule has 0 aliphatic carbocycles. The first kappa shape index (κ1) is 20.9. The van der Waals surface area contributed by atoms with Crippen molar-refractivity contribution in [3.63, 3.8) is 0 Å². The van der Waals surface area contributed by atoms with Gasteiger partial charge in [-0.1, -0.05) is 23.7 Å². The third-order valence-electron chi connectivity index (χ3n) is 4.49. The first-order valence-corrected chi connectivity index (χ1v) is 9.16. The number of carbonyl (C=O) groups excluding carboxylic acids is 2. The van der Waals surface area contributed by atoms with Crippen LogP contribution >= 0.6 is 11.6 Å². The lowest BCUT2D eigenvalue weighted by molar-refractivity contribution is -0.138. The van der Waals surface area contributed by atoms with Gasteiger partial charge in [-0.3, -0.25) is 14.4 Å². The lowest BCUT2D eigenvalue weighted by Gasteiger charge is -2.16. The minimum absolute atomic E-state index is 0.0660. The van der Waals surface area contributed by atoms with E-state index >= 15 is 0 Å². The van der Waals surface area contributed by atoms with Crippen LogP contribution in [-0.2, 0) is 28.9 Å². The molecule has 1 N–H and O–H groups in total. The molecule has 1 saturated heterocycles. The lowest BCUT2D eigenvalue weighted by Crippen LogP contribution is -2.32. The molecule has 0 spiro atoms. The van der Waals surface area contributed by atoms with Crippen LogP contribution in [0, 0.1) is 0 Å². The first-order valence-electron chi connectivity index (χ1n) is 8.78. The maximum atomic E-state index is 12.9. The number of pyridine rings is 1. The predicted octanol–water partition coefficient (Wildman–Crippen LogP) is 2.96. The van der Waals surface area contributed by atoms with Crippen molar-refractivity contribution >= 4 is 29.1 Å². The molecule has 0 radical (unpaired) electrons. The van der Waals surface area contributed by atoms with E-state index in [-0.39, 0.29) is 12.5 Å². The fraction of sp³-hybridized carbons (Fsp3) is 0.316. The van der Waals surface area contributed by atoms with Crippen molar-refractivity contribution in [2.24, 2.45) is 0 Å². The summed E-state index contributed by atoms with van der Waals surface area (Å²) < 4.78 is 39.2. The summed E-state index contributed by atoms with van der Waals surface area (Å²) in [7, 11) is 0. The molecule has 1 fully saturated rings. The maximum absolute atomic E-state index is 12.9. The summed E-state index contributed by atoms with van der Waals surface area (Å²) in [6.45, 7) is 0.195. The van der Waals surface area contributed by atoms with Gasteiger partial charge in [-0.2, -0.15) is 13.2 Å². The normalized spacial score (nSPS) is 14.3. The van der Waals surface area contributed by atoms with Gasteiger partial charge >= 0.3 is 6.18 Å². The Labute approximate surface area is 168 Å². The van der Waals surface area contributed by atoms with E-state index in [9.17, 15) is 27.6 Å². The van der Waals surface area contributed by atoms with Gasteiger partial charge in [-0.25, -0.2) is 0 Å². The molecule has 3 rings (SSSR count). The smallest absolute Gasteiger partial charge is 0.350 e. The molecule has 6 nitrogen and oxygen atoms in total. The third kappa shape index (κ3) is 4.97. The average molecular weight is 428 g/mol. The van der Waals surface area contributed by atoms with E-state index in [1.54, 1.807) is 29.2 Å². The minimum Gasteiger partial charge on any atom is -0.350 e. The van der Waals surface area contributed by atoms with Gasteiger partial charge in [0.05, 0.1) is 5.56 Å². The van der Waals surface area contributed by atoms with E-state index in [1.165, 1.54) is 0 Å². The summed E-state index contributed by atoms with van der Waals surface area (Å²) in [5, 5.41) is 1.94. The standard InChI is InChI=1S/C19H17ClF3N3O3/c20-15-8-13(19(21,22)23)10-25(18(15)29)11-16(27)24-9-12-3-5-14(6-4-12)26-7-1-2-17(26)28/h3-6,8,10H,1-2,7,9,11H2,(H,24,27). The zero-order valence-electron chi connectivity index (χ0n) is 15.1. The van der Waals surface area contributed by atoms with Crippen molar-refractivity contribution in [3.05, 3.63) is 63.0 Å². The zero-order chi connectivity index (χ0) is 21.2. The van der Waals surface area contributed by atoms with Crippen LogP contribution in [0.4, 0.5) is 18.9 Å². The van der Waals surface area contributed by atoms with Gasteiger partial charge in [0, 0.05) is 31.4 Å². The van der Waals surface area contributed by atoms with Crippen molar-refractivity contribution in [1.29, 1.82) is 0 Å². The van der Waals surface area contributed by atoms with Crippen LogP contribution in [0.25, 0.3) is 0 Å². The van der Waals surface area contributed by atoms with Crippen molar-refractivity contribution in [1.82, 2.24) is 9.88 Å². The van der Waals surface area contributed by atoms with Crippen LogP contribution in [0.3, 0.4) is 0 Å². The number of amides is 2. The number of nitrogens with zero attached hydrogens (tertiary/aromatic N) is 2. The Morgan fingerprint density at radius 3 is 2.45 bits per heavy atom. The van der Waals surface area contributed by atoms with Crippen LogP contribution < -0.4 is 15.8 Å². The molecule has 29 heavy (non-hydrogen) atoms. The topological polar surface area (TPSA) is 71.4 Å². The highest BCUT2D eigenvalue weighted by Gasteiger charge is 2.32. The highest BCUT2D eigenvalue weighted by molar-refractivity contribution is 6.30. The van der Waals surface area contributed by atoms with E-state index in [2.05, 4.69) is 5.32 Å². The van der Waals surface area contributed by atoms with Gasteiger partial charge < -0.3 is 14.8 Å². The second kappa shape index (κ2) is 8.28. The molecule has 0 bridgehead atoms. The summed E-state index contributed by atoms with van der Waals surface area (Å²) in [5.74, 6) is -0.572. The molecule has 0 atom stereocenters. The summed E-state index contributed by atoms with van der Waals surface area (Å²) in [6, 6.07) is 7.55. The highest BCUT2D eigenvalue weighted by Crippen LogP contribution is 2.29. The average Bonchev–Trinajstić information content (AvgIpc) is 3.09. The van der Waals surface area contributed by atoms with Crippen LogP contribution in [0.1, 0.15) is 24.0 Å². The van der Waals surface area contributed by atoms with E-state index in [0.29, 0.717) is 29.8 Å². The molecule has 10 heteroatoms. The number of alkyl halides is 3. The molecule has 1 aromatic carbocycles. The molecule has 2 heterocycles. The molecular weight excluding hydrogens is 411 g/mol. The fourth-order valence-electron chi connectivity index (χ4n) is 3.00. The van der Waals surface area contributed by atoms with Gasteiger partial charge in [-0.05, 0) is 30.2 Å². The predicted molar refractivity (Wildman–Crippen MR) is 101 cm³/mol. The van der Waals surface area contributed by atoms with E-state index < -0.39 is 34.8 Å². The first-order chi connectivity index (χ1) is 13.6. The van der Waals surface area contributed by atoms with E-state index in [4.69, 9.17) is 11.6 Å². The van der Waals surface area contributed by atoms with Crippen LogP contribution in [0.5, 0.6) is 0 Å². The monoisotopic (exact) mass is 427 g/mol. The quantitative estimate of drug-likeness (QED) is 0.797. The van der Waals surface area contributed by atoms with Crippen LogP contribution in [0.2, 0.25) is 5.02 Å². The van der Waals surface area contributed by atoms with Gasteiger partial charge in [0.25, 0.3) is 5.56 Å². The van der Waals surface area contributed by atoms with Crippen molar-refractivity contribution < 1.29 is 22.8 Å². The number of rotatable bonds is 5. The van der Waals surface area contributed by atoms with E-state index in [1.807, 2.05) is 0 Å². The van der Waals surface area contributed by atoms with Gasteiger partial charge in [0.1, 0.15) is 11.6 Å². The Hall–Kier alpha value is -2.81. The minimum atomic E-state index is -4.69. The van der Waals surface area contributed by atoms with Crippen LogP contribution in [0.15, 0.2) is 41.3 Å². The largest absolute Gasteiger partial charge is 0.417 e. The third-order valence-corrected chi connectivity index (χ3v) is 4.77. The van der Waals surface area contributed by atoms with Crippen LogP contribution in [-0.4, -0.2) is 22.9 Å². The molecule has 154 valence electrons. The number of nitrogens with one attached hydrogen (secondary N) is 1. The number of anilines is 1. The Morgan fingerprint density at radius 1 is 1.17 bits per heavy atom. The van der Waals surface area contributed by atoms with Gasteiger partial charge in [-0.15, -0.1) is 0 Å². The summed E-state index contributed by atoms with van der Waals surface area (Å²) in [4.78, 5) is 37.4. The molecule has 1 aliphatic heterocycles. The molecule has 1 aliphatic rings. The van der Waals surface area contributed by atoms with E-state index in [0.717, 1.165) is 17.7 Å². The number of halogens is 4. The molecule has 2 aromatic rings. The second-order valence-electron chi connectivity index (χ2n) is 6.60. The number of benzene rings is 1. The Balaban J connectivity index is 1.62. The number of hydrogen-bond acceptors (Lipinski definition) is 3. The Bertz CT molecular complexity index is 987. The molecule has 2 amide bonds.